The zero-order chi connectivity index (χ0) is 27.7. The van der Waals surface area contributed by atoms with Crippen molar-refractivity contribution in [2.24, 2.45) is 12.5 Å². The van der Waals surface area contributed by atoms with E-state index >= 15 is 0 Å². The van der Waals surface area contributed by atoms with Gasteiger partial charge in [0.25, 0.3) is 5.91 Å². The molecule has 2 aliphatic rings. The molecule has 6 rings (SSSR count). The van der Waals surface area contributed by atoms with E-state index in [0.717, 1.165) is 35.4 Å². The third-order valence-corrected chi connectivity index (χ3v) is 8.97. The molecule has 1 fully saturated rings. The average molecular weight is 533 g/mol. The minimum Gasteiger partial charge on any atom is -0.355 e. The highest BCUT2D eigenvalue weighted by Gasteiger charge is 2.64. The van der Waals surface area contributed by atoms with Crippen molar-refractivity contribution < 1.29 is 18.1 Å². The Morgan fingerprint density at radius 1 is 1.21 bits per heavy atom. The van der Waals surface area contributed by atoms with Crippen LogP contribution in [-0.4, -0.2) is 49.0 Å². The molecule has 0 radical (unpaired) electrons. The van der Waals surface area contributed by atoms with E-state index in [1.807, 2.05) is 27.1 Å². The Balaban J connectivity index is 1.34. The van der Waals surface area contributed by atoms with Crippen molar-refractivity contribution >= 4 is 5.91 Å². The molecule has 0 saturated heterocycles. The highest BCUT2D eigenvalue weighted by atomic mass is 19.1. The molecule has 0 unspecified atom stereocenters. The van der Waals surface area contributed by atoms with E-state index in [4.69, 9.17) is 4.52 Å². The SMILES string of the molecule is CCN(C[C@@]12CC[C@@H](c3cc(-c4c(F)cccc4F)nnc31)C2(C)C)C(=O)c1cc(-c2cn(C)nc2C)on1. The van der Waals surface area contributed by atoms with Gasteiger partial charge in [-0.25, -0.2) is 8.78 Å². The number of carbonyl (C=O) groups excluding carboxylic acids is 1. The molecule has 1 amide bonds. The maximum absolute atomic E-state index is 14.5. The molecule has 0 aliphatic heterocycles. The molecule has 4 aromatic rings. The molecule has 202 valence electrons. The molecule has 3 aromatic heterocycles. The first-order valence-electron chi connectivity index (χ1n) is 13.2. The molecular weight excluding hydrogens is 502 g/mol. The number of hydrogen-bond acceptors (Lipinski definition) is 6. The first-order valence-corrected chi connectivity index (χ1v) is 13.2. The number of aryl methyl sites for hydroxylation is 2. The molecule has 2 atom stereocenters. The standard InChI is InChI=1S/C29H30F2N6O2/c1-6-37(27(38)23-13-24(39-35-23)18-14-36(5)34-16(18)2)15-29-11-10-19(28(29,3)4)17-12-22(32-33-26(17)29)25-20(30)8-7-9-21(25)31/h7-9,12-14,19H,6,10-11,15H2,1-5H3/t19-,29-/m0/s1. The van der Waals surface area contributed by atoms with E-state index in [-0.39, 0.29) is 34.2 Å². The van der Waals surface area contributed by atoms with Crippen LogP contribution in [0.1, 0.15) is 67.0 Å². The average Bonchev–Trinajstić information content (AvgIpc) is 3.61. The van der Waals surface area contributed by atoms with E-state index in [9.17, 15) is 13.6 Å². The van der Waals surface area contributed by atoms with Gasteiger partial charge in [-0.05, 0) is 61.8 Å². The normalized spacial score (nSPS) is 20.8. The van der Waals surface area contributed by atoms with Crippen molar-refractivity contribution in [1.29, 1.82) is 0 Å². The molecule has 10 heteroatoms. The third-order valence-electron chi connectivity index (χ3n) is 8.97. The Bertz CT molecular complexity index is 1590. The number of halogens is 2. The fourth-order valence-electron chi connectivity index (χ4n) is 6.80. The maximum Gasteiger partial charge on any atom is 0.276 e. The second kappa shape index (κ2) is 8.79. The number of aromatic nitrogens is 5. The second-order valence-corrected chi connectivity index (χ2v) is 11.2. The van der Waals surface area contributed by atoms with Gasteiger partial charge >= 0.3 is 0 Å². The molecule has 0 N–H and O–H groups in total. The number of rotatable bonds is 6. The van der Waals surface area contributed by atoms with Crippen LogP contribution in [0.15, 0.2) is 41.1 Å². The van der Waals surface area contributed by atoms with Crippen LogP contribution in [0.3, 0.4) is 0 Å². The van der Waals surface area contributed by atoms with Crippen LogP contribution in [0.4, 0.5) is 8.78 Å². The summed E-state index contributed by atoms with van der Waals surface area (Å²) in [5, 5.41) is 17.3. The van der Waals surface area contributed by atoms with Crippen molar-refractivity contribution in [1.82, 2.24) is 30.0 Å². The second-order valence-electron chi connectivity index (χ2n) is 11.2. The van der Waals surface area contributed by atoms with Crippen LogP contribution in [0.2, 0.25) is 0 Å². The zero-order valence-electron chi connectivity index (χ0n) is 22.6. The quantitative estimate of drug-likeness (QED) is 0.329. The van der Waals surface area contributed by atoms with E-state index in [2.05, 4.69) is 34.3 Å². The Morgan fingerprint density at radius 3 is 2.62 bits per heavy atom. The van der Waals surface area contributed by atoms with Crippen LogP contribution >= 0.6 is 0 Å². The maximum atomic E-state index is 14.5. The van der Waals surface area contributed by atoms with Gasteiger partial charge in [0, 0.05) is 37.8 Å². The Hall–Kier alpha value is -3.95. The van der Waals surface area contributed by atoms with Crippen molar-refractivity contribution in [3.63, 3.8) is 0 Å². The molecule has 1 aromatic carbocycles. The van der Waals surface area contributed by atoms with Gasteiger partial charge in [-0.2, -0.15) is 15.3 Å². The number of hydrogen-bond donors (Lipinski definition) is 0. The van der Waals surface area contributed by atoms with Crippen molar-refractivity contribution in [2.45, 2.75) is 51.9 Å². The number of amides is 1. The molecule has 2 bridgehead atoms. The number of carbonyl (C=O) groups is 1. The van der Waals surface area contributed by atoms with Gasteiger partial charge < -0.3 is 9.42 Å². The molecule has 0 spiro atoms. The fraction of sp³-hybridized carbons (Fsp3) is 0.414. The molecular formula is C29H30F2N6O2. The highest BCUT2D eigenvalue weighted by molar-refractivity contribution is 5.93. The Kier molecular flexibility index (Phi) is 5.71. The number of nitrogens with zero attached hydrogens (tertiary/aromatic N) is 6. The fourth-order valence-corrected chi connectivity index (χ4v) is 6.80. The topological polar surface area (TPSA) is 89.9 Å². The summed E-state index contributed by atoms with van der Waals surface area (Å²) in [6.07, 6.45) is 3.56. The molecule has 1 saturated carbocycles. The lowest BCUT2D eigenvalue weighted by atomic mass is 9.68. The van der Waals surface area contributed by atoms with Crippen LogP contribution < -0.4 is 0 Å². The molecule has 2 aliphatic carbocycles. The Labute approximate surface area is 225 Å². The minimum atomic E-state index is -0.669. The lowest BCUT2D eigenvalue weighted by molar-refractivity contribution is 0.0642. The molecule has 39 heavy (non-hydrogen) atoms. The summed E-state index contributed by atoms with van der Waals surface area (Å²) in [7, 11) is 1.83. The summed E-state index contributed by atoms with van der Waals surface area (Å²) < 4.78 is 36.3. The van der Waals surface area contributed by atoms with Crippen molar-refractivity contribution in [3.05, 3.63) is 70.8 Å². The summed E-state index contributed by atoms with van der Waals surface area (Å²) >= 11 is 0. The highest BCUT2D eigenvalue weighted by Crippen LogP contribution is 2.67. The van der Waals surface area contributed by atoms with E-state index < -0.39 is 17.0 Å². The predicted octanol–water partition coefficient (Wildman–Crippen LogP) is 5.44. The predicted molar refractivity (Wildman–Crippen MR) is 140 cm³/mol. The molecule has 3 heterocycles. The third kappa shape index (κ3) is 3.64. The summed E-state index contributed by atoms with van der Waals surface area (Å²) in [4.78, 5) is 15.5. The van der Waals surface area contributed by atoms with Crippen LogP contribution in [-0.2, 0) is 12.5 Å². The summed E-state index contributed by atoms with van der Waals surface area (Å²) in [5.74, 6) is -0.939. The monoisotopic (exact) mass is 532 g/mol. The summed E-state index contributed by atoms with van der Waals surface area (Å²) in [5.41, 5.74) is 2.89. The lowest BCUT2D eigenvalue weighted by Gasteiger charge is -2.41. The van der Waals surface area contributed by atoms with E-state index in [0.29, 0.717) is 18.8 Å². The van der Waals surface area contributed by atoms with Gasteiger partial charge in [0.2, 0.25) is 0 Å². The molecule has 8 nitrogen and oxygen atoms in total. The summed E-state index contributed by atoms with van der Waals surface area (Å²) in [6.45, 7) is 9.08. The number of fused-ring (bicyclic) bond motifs is 5. The van der Waals surface area contributed by atoms with Gasteiger partial charge in [0.05, 0.1) is 28.2 Å². The van der Waals surface area contributed by atoms with Crippen molar-refractivity contribution in [2.75, 3.05) is 13.1 Å². The summed E-state index contributed by atoms with van der Waals surface area (Å²) in [6, 6.07) is 7.23. The minimum absolute atomic E-state index is 0.137. The van der Waals surface area contributed by atoms with Crippen LogP contribution in [0, 0.1) is 24.0 Å². The van der Waals surface area contributed by atoms with Gasteiger partial charge in [-0.1, -0.05) is 25.1 Å². The van der Waals surface area contributed by atoms with Crippen LogP contribution in [0.5, 0.6) is 0 Å². The van der Waals surface area contributed by atoms with Gasteiger partial charge in [-0.3, -0.25) is 9.48 Å². The van der Waals surface area contributed by atoms with Crippen molar-refractivity contribution in [3.8, 4) is 22.6 Å². The first kappa shape index (κ1) is 25.3. The Morgan fingerprint density at radius 2 is 1.95 bits per heavy atom. The van der Waals surface area contributed by atoms with Gasteiger partial charge in [0.15, 0.2) is 11.5 Å². The van der Waals surface area contributed by atoms with E-state index in [1.54, 1.807) is 21.7 Å². The zero-order valence-corrected chi connectivity index (χ0v) is 22.6. The van der Waals surface area contributed by atoms with Gasteiger partial charge in [-0.15, -0.1) is 0 Å². The lowest BCUT2D eigenvalue weighted by Crippen LogP contribution is -2.48. The smallest absolute Gasteiger partial charge is 0.276 e. The number of benzene rings is 1. The van der Waals surface area contributed by atoms with Gasteiger partial charge in [0.1, 0.15) is 11.6 Å². The largest absolute Gasteiger partial charge is 0.355 e. The van der Waals surface area contributed by atoms with Crippen LogP contribution in [0.25, 0.3) is 22.6 Å². The number of likely N-dealkylation sites (N-methyl/N-ethyl adjacent to an activating group) is 1. The first-order chi connectivity index (χ1) is 18.6. The van der Waals surface area contributed by atoms with E-state index in [1.165, 1.54) is 18.2 Å².